The maximum atomic E-state index is 5.25. The molecule has 1 heterocycles. The van der Waals surface area contributed by atoms with Crippen LogP contribution in [0.25, 0.3) is 11.3 Å². The van der Waals surface area contributed by atoms with Crippen molar-refractivity contribution in [2.24, 2.45) is 0 Å². The van der Waals surface area contributed by atoms with Crippen molar-refractivity contribution in [3.05, 3.63) is 40.3 Å². The molecule has 0 amide bonds. The van der Waals surface area contributed by atoms with Gasteiger partial charge in [-0.25, -0.2) is 9.97 Å². The number of rotatable bonds is 5. The summed E-state index contributed by atoms with van der Waals surface area (Å²) < 4.78 is 6.17. The second kappa shape index (κ2) is 6.81. The molecule has 0 fully saturated rings. The van der Waals surface area contributed by atoms with Gasteiger partial charge in [-0.15, -0.1) is 0 Å². The topological polar surface area (TPSA) is 47.0 Å². The van der Waals surface area contributed by atoms with Crippen LogP contribution >= 0.6 is 15.9 Å². The molecule has 20 heavy (non-hydrogen) atoms. The molecule has 5 heteroatoms. The predicted molar refractivity (Wildman–Crippen MR) is 83.8 cm³/mol. The van der Waals surface area contributed by atoms with Gasteiger partial charge < -0.3 is 10.1 Å². The number of aromatic nitrogens is 2. The molecule has 0 aliphatic rings. The van der Waals surface area contributed by atoms with Crippen LogP contribution in [-0.4, -0.2) is 23.6 Å². The van der Waals surface area contributed by atoms with Crippen molar-refractivity contribution in [2.45, 2.75) is 20.4 Å². The van der Waals surface area contributed by atoms with Crippen molar-refractivity contribution in [2.75, 3.05) is 13.7 Å². The number of hydrogen-bond donors (Lipinski definition) is 1. The van der Waals surface area contributed by atoms with E-state index in [1.54, 1.807) is 7.11 Å². The molecule has 2 aromatic rings. The van der Waals surface area contributed by atoms with Gasteiger partial charge in [-0.1, -0.05) is 6.92 Å². The van der Waals surface area contributed by atoms with Gasteiger partial charge in [0, 0.05) is 11.3 Å². The molecule has 106 valence electrons. The van der Waals surface area contributed by atoms with Gasteiger partial charge in [-0.05, 0) is 53.7 Å². The number of halogens is 1. The maximum Gasteiger partial charge on any atom is 0.143 e. The summed E-state index contributed by atoms with van der Waals surface area (Å²) in [6, 6.07) is 7.94. The molecule has 2 rings (SSSR count). The van der Waals surface area contributed by atoms with Crippen LogP contribution in [-0.2, 0) is 6.54 Å². The summed E-state index contributed by atoms with van der Waals surface area (Å²) in [7, 11) is 1.66. The number of hydrogen-bond acceptors (Lipinski definition) is 4. The number of nitrogens with zero attached hydrogens (tertiary/aromatic N) is 2. The van der Waals surface area contributed by atoms with Gasteiger partial charge in [-0.3, -0.25) is 0 Å². The summed E-state index contributed by atoms with van der Waals surface area (Å²) in [6.45, 7) is 5.64. The lowest BCUT2D eigenvalue weighted by molar-refractivity contribution is 0.412. The normalized spacial score (nSPS) is 10.6. The third-order valence-electron chi connectivity index (χ3n) is 2.88. The summed E-state index contributed by atoms with van der Waals surface area (Å²) in [5.41, 5.74) is 2.93. The lowest BCUT2D eigenvalue weighted by atomic mass is 10.1. The third kappa shape index (κ3) is 3.55. The molecule has 0 saturated heterocycles. The van der Waals surface area contributed by atoms with Gasteiger partial charge in [0.2, 0.25) is 0 Å². The second-order valence-electron chi connectivity index (χ2n) is 4.44. The van der Waals surface area contributed by atoms with E-state index in [1.165, 1.54) is 0 Å². The molecule has 1 N–H and O–H groups in total. The highest BCUT2D eigenvalue weighted by Gasteiger charge is 2.07. The van der Waals surface area contributed by atoms with Crippen LogP contribution in [0.5, 0.6) is 5.75 Å². The number of methoxy groups -OCH3 is 1. The zero-order chi connectivity index (χ0) is 14.5. The van der Waals surface area contributed by atoms with Gasteiger partial charge >= 0.3 is 0 Å². The van der Waals surface area contributed by atoms with E-state index in [1.807, 2.05) is 31.2 Å². The largest absolute Gasteiger partial charge is 0.496 e. The van der Waals surface area contributed by atoms with E-state index >= 15 is 0 Å². The average molecular weight is 336 g/mol. The van der Waals surface area contributed by atoms with Crippen molar-refractivity contribution in [1.82, 2.24) is 15.3 Å². The highest BCUT2D eigenvalue weighted by molar-refractivity contribution is 9.10. The lowest BCUT2D eigenvalue weighted by Crippen LogP contribution is -2.15. The molecule has 0 aliphatic heterocycles. The van der Waals surface area contributed by atoms with E-state index in [0.29, 0.717) is 6.54 Å². The summed E-state index contributed by atoms with van der Waals surface area (Å²) in [6.07, 6.45) is 0. The van der Waals surface area contributed by atoms with E-state index in [-0.39, 0.29) is 0 Å². The van der Waals surface area contributed by atoms with Gasteiger partial charge in [0.05, 0.1) is 23.8 Å². The quantitative estimate of drug-likeness (QED) is 0.910. The summed E-state index contributed by atoms with van der Waals surface area (Å²) in [5.74, 6) is 1.63. The molecule has 0 aliphatic carbocycles. The fourth-order valence-corrected chi connectivity index (χ4v) is 2.46. The SMILES string of the molecule is CCNCc1nc(C)cc(-c2ccc(OC)c(Br)c2)n1. The van der Waals surface area contributed by atoms with Crippen LogP contribution in [0.15, 0.2) is 28.7 Å². The highest BCUT2D eigenvalue weighted by Crippen LogP contribution is 2.29. The standard InChI is InChI=1S/C15H18BrN3O/c1-4-17-9-15-18-10(2)7-13(19-15)11-5-6-14(20-3)12(16)8-11/h5-8,17H,4,9H2,1-3H3. The van der Waals surface area contributed by atoms with E-state index in [4.69, 9.17) is 4.74 Å². The first-order valence-electron chi connectivity index (χ1n) is 6.53. The smallest absolute Gasteiger partial charge is 0.143 e. The second-order valence-corrected chi connectivity index (χ2v) is 5.29. The Labute approximate surface area is 127 Å². The van der Waals surface area contributed by atoms with E-state index in [0.717, 1.165) is 39.5 Å². The minimum absolute atomic E-state index is 0.683. The molecule has 1 aromatic carbocycles. The Bertz CT molecular complexity index is 602. The van der Waals surface area contributed by atoms with Gasteiger partial charge in [-0.2, -0.15) is 0 Å². The zero-order valence-electron chi connectivity index (χ0n) is 11.9. The number of nitrogens with one attached hydrogen (secondary N) is 1. The van der Waals surface area contributed by atoms with E-state index < -0.39 is 0 Å². The molecular formula is C15H18BrN3O. The Morgan fingerprint density at radius 2 is 2.05 bits per heavy atom. The fraction of sp³-hybridized carbons (Fsp3) is 0.333. The Hall–Kier alpha value is -1.46. The molecule has 4 nitrogen and oxygen atoms in total. The van der Waals surface area contributed by atoms with Crippen molar-refractivity contribution < 1.29 is 4.74 Å². The predicted octanol–water partition coefficient (Wildman–Crippen LogP) is 3.33. The third-order valence-corrected chi connectivity index (χ3v) is 3.50. The molecular weight excluding hydrogens is 318 g/mol. The van der Waals surface area contributed by atoms with Crippen LogP contribution in [0.2, 0.25) is 0 Å². The number of ether oxygens (including phenoxy) is 1. The number of aryl methyl sites for hydroxylation is 1. The summed E-state index contributed by atoms with van der Waals surface area (Å²) >= 11 is 3.50. The molecule has 0 atom stereocenters. The van der Waals surface area contributed by atoms with Gasteiger partial charge in [0.15, 0.2) is 0 Å². The lowest BCUT2D eigenvalue weighted by Gasteiger charge is -2.09. The Balaban J connectivity index is 2.36. The summed E-state index contributed by atoms with van der Waals surface area (Å²) in [4.78, 5) is 9.05. The van der Waals surface area contributed by atoms with Gasteiger partial charge in [0.1, 0.15) is 11.6 Å². The molecule has 1 aromatic heterocycles. The van der Waals surface area contributed by atoms with E-state index in [9.17, 15) is 0 Å². The summed E-state index contributed by atoms with van der Waals surface area (Å²) in [5, 5.41) is 3.25. The van der Waals surface area contributed by atoms with Crippen LogP contribution in [0.4, 0.5) is 0 Å². The maximum absolute atomic E-state index is 5.25. The van der Waals surface area contributed by atoms with Crippen molar-refractivity contribution in [1.29, 1.82) is 0 Å². The minimum atomic E-state index is 0.683. The first-order valence-corrected chi connectivity index (χ1v) is 7.32. The van der Waals surface area contributed by atoms with Crippen molar-refractivity contribution >= 4 is 15.9 Å². The van der Waals surface area contributed by atoms with Crippen LogP contribution in [0, 0.1) is 6.92 Å². The molecule has 0 unspecified atom stereocenters. The van der Waals surface area contributed by atoms with Crippen LogP contribution < -0.4 is 10.1 Å². The first-order chi connectivity index (χ1) is 9.63. The Morgan fingerprint density at radius 1 is 1.25 bits per heavy atom. The highest BCUT2D eigenvalue weighted by atomic mass is 79.9. The van der Waals surface area contributed by atoms with E-state index in [2.05, 4.69) is 38.1 Å². The first kappa shape index (κ1) is 14.9. The minimum Gasteiger partial charge on any atom is -0.496 e. The van der Waals surface area contributed by atoms with Crippen molar-refractivity contribution in [3.63, 3.8) is 0 Å². The van der Waals surface area contributed by atoms with Crippen molar-refractivity contribution in [3.8, 4) is 17.0 Å². The average Bonchev–Trinajstić information content (AvgIpc) is 2.44. The van der Waals surface area contributed by atoms with Crippen LogP contribution in [0.3, 0.4) is 0 Å². The fourth-order valence-electron chi connectivity index (χ4n) is 1.92. The molecule has 0 saturated carbocycles. The monoisotopic (exact) mass is 335 g/mol. The van der Waals surface area contributed by atoms with Gasteiger partial charge in [0.25, 0.3) is 0 Å². The number of benzene rings is 1. The molecule has 0 spiro atoms. The van der Waals surface area contributed by atoms with Crippen LogP contribution in [0.1, 0.15) is 18.4 Å². The zero-order valence-corrected chi connectivity index (χ0v) is 13.5. The molecule has 0 radical (unpaired) electrons. The molecule has 0 bridgehead atoms. The Morgan fingerprint density at radius 3 is 2.70 bits per heavy atom. The Kier molecular flexibility index (Phi) is 5.09.